The number of halogens is 3. The molecule has 3 rings (SSSR count). The molecule has 0 atom stereocenters. The van der Waals surface area contributed by atoms with Gasteiger partial charge in [-0.3, -0.25) is 9.69 Å². The number of nitrogens with zero attached hydrogens (tertiary/aromatic N) is 1. The lowest BCUT2D eigenvalue weighted by molar-refractivity contribution is -0.137. The summed E-state index contributed by atoms with van der Waals surface area (Å²) < 4.78 is 44.3. The van der Waals surface area contributed by atoms with Crippen LogP contribution in [0.25, 0.3) is 0 Å². The van der Waals surface area contributed by atoms with Crippen molar-refractivity contribution >= 4 is 5.91 Å². The summed E-state index contributed by atoms with van der Waals surface area (Å²) in [7, 11) is 0. The molecule has 0 aliphatic heterocycles. The molecule has 2 aromatic carbocycles. The van der Waals surface area contributed by atoms with Crippen molar-refractivity contribution in [1.29, 1.82) is 0 Å². The molecule has 32 heavy (non-hydrogen) atoms. The third-order valence-corrected chi connectivity index (χ3v) is 5.02. The Morgan fingerprint density at radius 1 is 0.906 bits per heavy atom. The minimum atomic E-state index is -4.36. The van der Waals surface area contributed by atoms with Gasteiger partial charge in [-0.1, -0.05) is 55.8 Å². The van der Waals surface area contributed by atoms with Crippen LogP contribution < -0.4 is 5.32 Å². The highest BCUT2D eigenvalue weighted by Crippen LogP contribution is 2.29. The average Bonchev–Trinajstić information content (AvgIpc) is 3.23. The van der Waals surface area contributed by atoms with E-state index >= 15 is 0 Å². The van der Waals surface area contributed by atoms with Crippen molar-refractivity contribution in [2.45, 2.75) is 45.6 Å². The van der Waals surface area contributed by atoms with Crippen molar-refractivity contribution in [2.75, 3.05) is 6.54 Å². The normalized spacial score (nSPS) is 11.7. The van der Waals surface area contributed by atoms with E-state index in [-0.39, 0.29) is 11.7 Å². The van der Waals surface area contributed by atoms with Gasteiger partial charge < -0.3 is 9.73 Å². The predicted octanol–water partition coefficient (Wildman–Crippen LogP) is 6.03. The molecule has 3 aromatic rings. The number of rotatable bonds is 10. The molecule has 0 fully saturated rings. The number of alkyl halides is 3. The molecule has 170 valence electrons. The molecular weight excluding hydrogens is 417 g/mol. The zero-order chi connectivity index (χ0) is 23.0. The first-order valence-corrected chi connectivity index (χ1v) is 10.6. The van der Waals surface area contributed by atoms with Gasteiger partial charge >= 0.3 is 6.18 Å². The van der Waals surface area contributed by atoms with Gasteiger partial charge in [0.2, 0.25) is 0 Å². The molecule has 0 aliphatic rings. The van der Waals surface area contributed by atoms with Gasteiger partial charge in [0.1, 0.15) is 5.76 Å². The molecule has 0 bridgehead atoms. The lowest BCUT2D eigenvalue weighted by Crippen LogP contribution is -2.24. The molecule has 1 heterocycles. The number of amides is 1. The van der Waals surface area contributed by atoms with Gasteiger partial charge in [-0.05, 0) is 41.8 Å². The SMILES string of the molecule is CCCCNC(=O)c1ccc(CN(Cc2ccccc2)Cc2ccc(C(F)(F)F)cc2)o1. The van der Waals surface area contributed by atoms with E-state index in [1.54, 1.807) is 12.1 Å². The van der Waals surface area contributed by atoms with E-state index in [9.17, 15) is 18.0 Å². The largest absolute Gasteiger partial charge is 0.455 e. The molecule has 0 unspecified atom stereocenters. The Bertz CT molecular complexity index is 982. The Morgan fingerprint density at radius 2 is 1.56 bits per heavy atom. The maximum absolute atomic E-state index is 12.9. The van der Waals surface area contributed by atoms with Crippen molar-refractivity contribution in [3.63, 3.8) is 0 Å². The monoisotopic (exact) mass is 444 g/mol. The van der Waals surface area contributed by atoms with E-state index in [1.165, 1.54) is 12.1 Å². The van der Waals surface area contributed by atoms with Crippen molar-refractivity contribution in [3.05, 3.63) is 94.9 Å². The first kappa shape index (κ1) is 23.6. The molecule has 0 saturated carbocycles. The van der Waals surface area contributed by atoms with Crippen molar-refractivity contribution in [3.8, 4) is 0 Å². The second-order valence-corrected chi connectivity index (χ2v) is 7.70. The molecule has 0 saturated heterocycles. The maximum Gasteiger partial charge on any atom is 0.416 e. The number of furan rings is 1. The van der Waals surface area contributed by atoms with Crippen molar-refractivity contribution in [2.24, 2.45) is 0 Å². The van der Waals surface area contributed by atoms with Crippen LogP contribution in [0.5, 0.6) is 0 Å². The summed E-state index contributed by atoms with van der Waals surface area (Å²) in [6, 6.07) is 18.4. The van der Waals surface area contributed by atoms with Gasteiger partial charge in [0, 0.05) is 19.6 Å². The average molecular weight is 444 g/mol. The van der Waals surface area contributed by atoms with Crippen LogP contribution in [0.3, 0.4) is 0 Å². The van der Waals surface area contributed by atoms with E-state index in [0.29, 0.717) is 31.9 Å². The van der Waals surface area contributed by atoms with Crippen molar-refractivity contribution < 1.29 is 22.4 Å². The summed E-state index contributed by atoms with van der Waals surface area (Å²) in [5.74, 6) is 0.626. The molecule has 7 heteroatoms. The van der Waals surface area contributed by atoms with Gasteiger partial charge in [-0.15, -0.1) is 0 Å². The lowest BCUT2D eigenvalue weighted by atomic mass is 10.1. The summed E-state index contributed by atoms with van der Waals surface area (Å²) in [4.78, 5) is 14.3. The number of nitrogens with one attached hydrogen (secondary N) is 1. The van der Waals surface area contributed by atoms with Crippen LogP contribution >= 0.6 is 0 Å². The fourth-order valence-electron chi connectivity index (χ4n) is 3.34. The van der Waals surface area contributed by atoms with Gasteiger partial charge in [0.05, 0.1) is 12.1 Å². The minimum absolute atomic E-state index is 0.248. The number of hydrogen-bond acceptors (Lipinski definition) is 3. The molecule has 1 amide bonds. The highest BCUT2D eigenvalue weighted by Gasteiger charge is 2.30. The van der Waals surface area contributed by atoms with Gasteiger partial charge in [0.15, 0.2) is 5.76 Å². The quantitative estimate of drug-likeness (QED) is 0.388. The number of benzene rings is 2. The number of unbranched alkanes of at least 4 members (excludes halogenated alkanes) is 1. The maximum atomic E-state index is 12.9. The van der Waals surface area contributed by atoms with Gasteiger partial charge in [0.25, 0.3) is 5.91 Å². The predicted molar refractivity (Wildman–Crippen MR) is 117 cm³/mol. The molecule has 1 N–H and O–H groups in total. The zero-order valence-corrected chi connectivity index (χ0v) is 18.0. The number of carbonyl (C=O) groups is 1. The van der Waals surface area contributed by atoms with Crippen LogP contribution in [-0.4, -0.2) is 17.4 Å². The van der Waals surface area contributed by atoms with E-state index < -0.39 is 11.7 Å². The zero-order valence-electron chi connectivity index (χ0n) is 18.0. The number of carbonyl (C=O) groups excluding carboxylic acids is 1. The van der Waals surface area contributed by atoms with Crippen LogP contribution in [0.4, 0.5) is 13.2 Å². The fraction of sp³-hybridized carbons (Fsp3) is 0.320. The van der Waals surface area contributed by atoms with Crippen LogP contribution in [0, 0.1) is 0 Å². The Kier molecular flexibility index (Phi) is 8.11. The number of hydrogen-bond donors (Lipinski definition) is 1. The van der Waals surface area contributed by atoms with E-state index in [2.05, 4.69) is 17.1 Å². The molecule has 1 aromatic heterocycles. The first-order chi connectivity index (χ1) is 15.3. The molecule has 0 radical (unpaired) electrons. The standard InChI is InChI=1S/C25H27F3N2O2/c1-2-3-15-29-24(31)23-14-13-22(32-23)18-30(16-19-7-5-4-6-8-19)17-20-9-11-21(12-10-20)25(26,27)28/h4-14H,2-3,15-18H2,1H3,(H,29,31). The van der Waals surface area contributed by atoms with Gasteiger partial charge in [-0.2, -0.15) is 13.2 Å². The smallest absolute Gasteiger partial charge is 0.416 e. The van der Waals surface area contributed by atoms with Crippen LogP contribution in [0.1, 0.15) is 52.8 Å². The molecule has 0 aliphatic carbocycles. The summed E-state index contributed by atoms with van der Waals surface area (Å²) >= 11 is 0. The summed E-state index contributed by atoms with van der Waals surface area (Å²) in [6.07, 6.45) is -2.47. The minimum Gasteiger partial charge on any atom is -0.455 e. The third-order valence-electron chi connectivity index (χ3n) is 5.02. The van der Waals surface area contributed by atoms with Gasteiger partial charge in [-0.25, -0.2) is 0 Å². The Hall–Kier alpha value is -3.06. The summed E-state index contributed by atoms with van der Waals surface area (Å²) in [5.41, 5.74) is 1.17. The Labute approximate surface area is 186 Å². The van der Waals surface area contributed by atoms with Crippen LogP contribution in [0.15, 0.2) is 71.1 Å². The summed E-state index contributed by atoms with van der Waals surface area (Å²) in [6.45, 7) is 4.08. The highest BCUT2D eigenvalue weighted by atomic mass is 19.4. The van der Waals surface area contributed by atoms with E-state index in [4.69, 9.17) is 4.42 Å². The van der Waals surface area contributed by atoms with Crippen molar-refractivity contribution in [1.82, 2.24) is 10.2 Å². The molecule has 4 nitrogen and oxygen atoms in total. The fourth-order valence-corrected chi connectivity index (χ4v) is 3.34. The second kappa shape index (κ2) is 11.0. The van der Waals surface area contributed by atoms with E-state index in [1.807, 2.05) is 30.3 Å². The third kappa shape index (κ3) is 6.99. The second-order valence-electron chi connectivity index (χ2n) is 7.70. The van der Waals surface area contributed by atoms with Crippen LogP contribution in [0.2, 0.25) is 0 Å². The Balaban J connectivity index is 1.71. The highest BCUT2D eigenvalue weighted by molar-refractivity contribution is 5.91. The summed E-state index contributed by atoms with van der Waals surface area (Å²) in [5, 5.41) is 2.83. The van der Waals surface area contributed by atoms with Crippen LogP contribution in [-0.2, 0) is 25.8 Å². The lowest BCUT2D eigenvalue weighted by Gasteiger charge is -2.22. The molecule has 0 spiro atoms. The molecular formula is C25H27F3N2O2. The van der Waals surface area contributed by atoms with E-state index in [0.717, 1.165) is 36.1 Å². The first-order valence-electron chi connectivity index (χ1n) is 10.6. The Morgan fingerprint density at radius 3 is 2.19 bits per heavy atom. The topological polar surface area (TPSA) is 45.5 Å².